The highest BCUT2D eigenvalue weighted by atomic mass is 32.2. The molecule has 0 atom stereocenters. The van der Waals surface area contributed by atoms with Gasteiger partial charge in [0.1, 0.15) is 4.91 Å². The van der Waals surface area contributed by atoms with Gasteiger partial charge in [-0.25, -0.2) is 13.4 Å². The Morgan fingerprint density at radius 1 is 0.825 bits per heavy atom. The number of hydrogen-bond acceptors (Lipinski definition) is 7. The van der Waals surface area contributed by atoms with Gasteiger partial charge in [-0.2, -0.15) is 0 Å². The summed E-state index contributed by atoms with van der Waals surface area (Å²) in [6.45, 7) is 0.365. The Kier molecular flexibility index (Phi) is 7.14. The van der Waals surface area contributed by atoms with Crippen molar-refractivity contribution < 1.29 is 13.2 Å². The number of anilines is 2. The van der Waals surface area contributed by atoms with Crippen molar-refractivity contribution >= 4 is 61.7 Å². The smallest absolute Gasteiger partial charge is 0.269 e. The van der Waals surface area contributed by atoms with Gasteiger partial charge in [-0.05, 0) is 59.8 Å². The molecule has 0 aromatic heterocycles. The number of para-hydroxylation sites is 1. The van der Waals surface area contributed by atoms with E-state index >= 15 is 0 Å². The van der Waals surface area contributed by atoms with E-state index in [0.717, 1.165) is 21.2 Å². The molecule has 0 saturated carbocycles. The fourth-order valence-electron chi connectivity index (χ4n) is 4.39. The third-order valence-electron chi connectivity index (χ3n) is 6.36. The van der Waals surface area contributed by atoms with Crippen LogP contribution in [0.1, 0.15) is 5.56 Å². The number of sulfonamides is 1. The first-order chi connectivity index (χ1) is 19.4. The fourth-order valence-corrected chi connectivity index (χ4v) is 7.80. The van der Waals surface area contributed by atoms with Gasteiger partial charge in [-0.15, -0.1) is 0 Å². The van der Waals surface area contributed by atoms with Crippen LogP contribution < -0.4 is 9.62 Å². The highest BCUT2D eigenvalue weighted by Gasteiger charge is 2.39. The van der Waals surface area contributed by atoms with Crippen molar-refractivity contribution in [3.05, 3.63) is 125 Å². The number of amidine groups is 1. The third-order valence-corrected chi connectivity index (χ3v) is 10.2. The van der Waals surface area contributed by atoms with E-state index in [9.17, 15) is 13.2 Å². The first kappa shape index (κ1) is 26.2. The first-order valence-corrected chi connectivity index (χ1v) is 15.6. The van der Waals surface area contributed by atoms with E-state index in [-0.39, 0.29) is 10.8 Å². The zero-order chi connectivity index (χ0) is 27.7. The molecule has 0 unspecified atom stereocenters. The van der Waals surface area contributed by atoms with Crippen molar-refractivity contribution in [3.8, 4) is 0 Å². The molecule has 1 saturated heterocycles. The lowest BCUT2D eigenvalue weighted by atomic mass is 10.2. The second-order valence-corrected chi connectivity index (χ2v) is 12.8. The quantitative estimate of drug-likeness (QED) is 0.255. The number of hydrogen-bond donors (Lipinski definition) is 1. The second-order valence-electron chi connectivity index (χ2n) is 9.11. The van der Waals surface area contributed by atoms with Crippen LogP contribution in [0.2, 0.25) is 0 Å². The summed E-state index contributed by atoms with van der Waals surface area (Å²) in [5, 5.41) is 1.40. The van der Waals surface area contributed by atoms with Crippen LogP contribution in [-0.2, 0) is 21.4 Å². The lowest BCUT2D eigenvalue weighted by molar-refractivity contribution is -0.122. The number of benzene rings is 4. The molecular weight excluding hydrogens is 561 g/mol. The minimum Gasteiger partial charge on any atom is -0.337 e. The lowest BCUT2D eigenvalue weighted by Crippen LogP contribution is -2.29. The van der Waals surface area contributed by atoms with Gasteiger partial charge < -0.3 is 4.90 Å². The number of nitrogens with zero attached hydrogens (tertiary/aromatic N) is 3. The molecule has 1 N–H and O–H groups in total. The van der Waals surface area contributed by atoms with Crippen molar-refractivity contribution in [2.75, 3.05) is 16.7 Å². The number of nitrogens with one attached hydrogen (secondary N) is 1. The Balaban J connectivity index is 1.35. The van der Waals surface area contributed by atoms with Crippen LogP contribution in [-0.4, -0.2) is 31.4 Å². The number of amides is 1. The van der Waals surface area contributed by atoms with Crippen molar-refractivity contribution in [3.63, 3.8) is 0 Å². The second kappa shape index (κ2) is 10.9. The van der Waals surface area contributed by atoms with E-state index in [1.54, 1.807) is 71.3 Å². The molecule has 2 heterocycles. The average molecular weight is 585 g/mol. The monoisotopic (exact) mass is 584 g/mol. The van der Waals surface area contributed by atoms with Gasteiger partial charge in [0.05, 0.1) is 33.5 Å². The third kappa shape index (κ3) is 5.25. The maximum atomic E-state index is 13.8. The van der Waals surface area contributed by atoms with E-state index < -0.39 is 10.0 Å². The van der Waals surface area contributed by atoms with Crippen LogP contribution in [0.3, 0.4) is 0 Å². The first-order valence-electron chi connectivity index (χ1n) is 12.4. The average Bonchev–Trinajstić information content (AvgIpc) is 3.45. The molecule has 1 fully saturated rings. The molecule has 2 aliphatic heterocycles. The molecule has 0 aliphatic carbocycles. The Morgan fingerprint density at radius 3 is 2.27 bits per heavy atom. The molecule has 2 aliphatic rings. The van der Waals surface area contributed by atoms with E-state index in [1.165, 1.54) is 11.8 Å². The van der Waals surface area contributed by atoms with Crippen molar-refractivity contribution in [1.82, 2.24) is 4.90 Å². The molecule has 6 rings (SSSR count). The van der Waals surface area contributed by atoms with Gasteiger partial charge >= 0.3 is 0 Å². The topological polar surface area (TPSA) is 82.1 Å². The van der Waals surface area contributed by atoms with Crippen molar-refractivity contribution in [1.29, 1.82) is 0 Å². The van der Waals surface area contributed by atoms with Gasteiger partial charge in [0.15, 0.2) is 5.17 Å². The van der Waals surface area contributed by atoms with Crippen LogP contribution in [0, 0.1) is 0 Å². The summed E-state index contributed by atoms with van der Waals surface area (Å²) in [5.41, 5.74) is 2.95. The van der Waals surface area contributed by atoms with E-state index in [4.69, 9.17) is 4.99 Å². The minimum absolute atomic E-state index is 0.115. The Morgan fingerprint density at radius 2 is 1.52 bits per heavy atom. The minimum atomic E-state index is -3.75. The van der Waals surface area contributed by atoms with Crippen LogP contribution in [0.5, 0.6) is 0 Å². The fraction of sp³-hybridized carbons (Fsp3) is 0.0667. The Labute approximate surface area is 241 Å². The van der Waals surface area contributed by atoms with Crippen molar-refractivity contribution in [2.24, 2.45) is 4.99 Å². The van der Waals surface area contributed by atoms with Gasteiger partial charge in [0.2, 0.25) is 0 Å². The summed E-state index contributed by atoms with van der Waals surface area (Å²) in [7, 11) is -1.79. The lowest BCUT2D eigenvalue weighted by Gasteiger charge is -2.17. The standard InChI is InChI=1S/C30H24N4O3S3/c1-33-25-17-8-9-18-26(25)38-29(33)27-28(35)34(20-21-11-4-2-5-12-21)30(39-27)31-22-13-10-14-23(19-22)32-40(36,37)24-15-6-3-7-16-24/h2-19,32H,20H2,1H3. The van der Waals surface area contributed by atoms with E-state index in [2.05, 4.69) is 4.72 Å². The normalized spacial score (nSPS) is 17.9. The number of rotatable bonds is 6. The van der Waals surface area contributed by atoms with Gasteiger partial charge in [-0.1, -0.05) is 78.5 Å². The van der Waals surface area contributed by atoms with Crippen LogP contribution in [0.15, 0.2) is 134 Å². The van der Waals surface area contributed by atoms with Gasteiger partial charge in [0.25, 0.3) is 15.9 Å². The number of aliphatic imine (C=N–C) groups is 1. The molecule has 4 aromatic carbocycles. The number of carbonyl (C=O) groups excluding carboxylic acids is 1. The maximum absolute atomic E-state index is 13.8. The summed E-state index contributed by atoms with van der Waals surface area (Å²) in [6.07, 6.45) is 0. The summed E-state index contributed by atoms with van der Waals surface area (Å²) in [6, 6.07) is 32.9. The van der Waals surface area contributed by atoms with Gasteiger partial charge in [0, 0.05) is 11.9 Å². The zero-order valence-electron chi connectivity index (χ0n) is 21.4. The van der Waals surface area contributed by atoms with E-state index in [1.807, 2.05) is 66.5 Å². The highest BCUT2D eigenvalue weighted by Crippen LogP contribution is 2.50. The van der Waals surface area contributed by atoms with Crippen LogP contribution >= 0.6 is 23.5 Å². The number of carbonyl (C=O) groups is 1. The van der Waals surface area contributed by atoms with Crippen molar-refractivity contribution in [2.45, 2.75) is 16.3 Å². The molecule has 4 aromatic rings. The van der Waals surface area contributed by atoms with E-state index in [0.29, 0.717) is 28.0 Å². The molecule has 0 spiro atoms. The molecular formula is C30H24N4O3S3. The highest BCUT2D eigenvalue weighted by molar-refractivity contribution is 8.19. The summed E-state index contributed by atoms with van der Waals surface area (Å²) in [4.78, 5) is 24.3. The predicted molar refractivity (Wildman–Crippen MR) is 163 cm³/mol. The zero-order valence-corrected chi connectivity index (χ0v) is 23.8. The SMILES string of the molecule is CN1C(=C2SC(=Nc3cccc(NS(=O)(=O)c4ccccc4)c3)N(Cc3ccccc3)C2=O)Sc2ccccc21. The van der Waals surface area contributed by atoms with Gasteiger partial charge in [-0.3, -0.25) is 14.4 Å². The maximum Gasteiger partial charge on any atom is 0.269 e. The Bertz CT molecular complexity index is 1760. The largest absolute Gasteiger partial charge is 0.337 e. The predicted octanol–water partition coefficient (Wildman–Crippen LogP) is 6.66. The molecule has 7 nitrogen and oxygen atoms in total. The molecule has 0 radical (unpaired) electrons. The van der Waals surface area contributed by atoms with Crippen LogP contribution in [0.25, 0.3) is 0 Å². The number of fused-ring (bicyclic) bond motifs is 1. The summed E-state index contributed by atoms with van der Waals surface area (Å²) >= 11 is 2.91. The molecule has 40 heavy (non-hydrogen) atoms. The molecule has 1 amide bonds. The molecule has 10 heteroatoms. The number of thioether (sulfide) groups is 2. The van der Waals surface area contributed by atoms with Crippen LogP contribution in [0.4, 0.5) is 17.1 Å². The molecule has 200 valence electrons. The molecule has 0 bridgehead atoms. The Hall–Kier alpha value is -3.99. The summed E-state index contributed by atoms with van der Waals surface area (Å²) in [5.74, 6) is -0.115. The summed E-state index contributed by atoms with van der Waals surface area (Å²) < 4.78 is 28.3.